The van der Waals surface area contributed by atoms with Gasteiger partial charge in [-0.15, -0.1) is 0 Å². The molecule has 0 saturated heterocycles. The number of aliphatic hydroxyl groups excluding tert-OH is 1. The second-order valence-corrected chi connectivity index (χ2v) is 3.92. The van der Waals surface area contributed by atoms with Gasteiger partial charge in [-0.3, -0.25) is 4.79 Å². The van der Waals surface area contributed by atoms with E-state index in [1.165, 1.54) is 0 Å². The zero-order valence-electron chi connectivity index (χ0n) is 10.0. The van der Waals surface area contributed by atoms with Crippen molar-refractivity contribution < 1.29 is 19.8 Å². The molecule has 0 spiro atoms. The molecular weight excluding hydrogens is 224 g/mol. The van der Waals surface area contributed by atoms with Crippen molar-refractivity contribution >= 4 is 11.9 Å². The van der Waals surface area contributed by atoms with E-state index >= 15 is 0 Å². The minimum Gasteiger partial charge on any atom is -0.480 e. The van der Waals surface area contributed by atoms with E-state index in [9.17, 15) is 9.59 Å². The number of nitrogens with two attached hydrogens (primary N) is 1. The van der Waals surface area contributed by atoms with Crippen LogP contribution in [-0.2, 0) is 9.59 Å². The summed E-state index contributed by atoms with van der Waals surface area (Å²) in [7, 11) is 0. The van der Waals surface area contributed by atoms with Crippen LogP contribution < -0.4 is 11.1 Å². The van der Waals surface area contributed by atoms with E-state index in [0.29, 0.717) is 13.0 Å². The maximum absolute atomic E-state index is 11.4. The van der Waals surface area contributed by atoms with Crippen molar-refractivity contribution in [2.45, 2.75) is 44.6 Å². The van der Waals surface area contributed by atoms with Gasteiger partial charge < -0.3 is 21.3 Å². The summed E-state index contributed by atoms with van der Waals surface area (Å²) >= 11 is 0. The number of hydrogen-bond donors (Lipinski definition) is 4. The summed E-state index contributed by atoms with van der Waals surface area (Å²) in [5.41, 5.74) is 5.33. The predicted octanol–water partition coefficient (Wildman–Crippen LogP) is -0.153. The molecule has 0 saturated carbocycles. The fraction of sp³-hybridized carbons (Fsp3) is 0.818. The van der Waals surface area contributed by atoms with E-state index in [-0.39, 0.29) is 18.9 Å². The van der Waals surface area contributed by atoms with Crippen molar-refractivity contribution in [1.82, 2.24) is 5.32 Å². The number of carbonyl (C=O) groups is 2. The number of hydrogen-bond acceptors (Lipinski definition) is 4. The number of amides is 1. The summed E-state index contributed by atoms with van der Waals surface area (Å²) < 4.78 is 0. The van der Waals surface area contributed by atoms with E-state index in [0.717, 1.165) is 25.7 Å². The average Bonchev–Trinajstić information content (AvgIpc) is 2.28. The molecule has 0 aliphatic carbocycles. The highest BCUT2D eigenvalue weighted by Crippen LogP contribution is 2.02. The summed E-state index contributed by atoms with van der Waals surface area (Å²) in [6.45, 7) is 0.400. The molecule has 0 radical (unpaired) electrons. The number of rotatable bonds is 10. The van der Waals surface area contributed by atoms with Crippen molar-refractivity contribution in [2.24, 2.45) is 5.73 Å². The van der Waals surface area contributed by atoms with Crippen LogP contribution >= 0.6 is 0 Å². The Morgan fingerprint density at radius 3 is 2.35 bits per heavy atom. The van der Waals surface area contributed by atoms with Crippen LogP contribution in [0.3, 0.4) is 0 Å². The molecule has 0 aliphatic heterocycles. The molecule has 0 fully saturated rings. The van der Waals surface area contributed by atoms with Gasteiger partial charge in [0.1, 0.15) is 6.04 Å². The van der Waals surface area contributed by atoms with Gasteiger partial charge in [-0.1, -0.05) is 12.8 Å². The Kier molecular flexibility index (Phi) is 9.37. The maximum Gasteiger partial charge on any atom is 0.326 e. The molecule has 0 aromatic carbocycles. The second-order valence-electron chi connectivity index (χ2n) is 3.92. The summed E-state index contributed by atoms with van der Waals surface area (Å²) in [5.74, 6) is -1.39. The van der Waals surface area contributed by atoms with Crippen molar-refractivity contribution in [3.05, 3.63) is 0 Å². The highest BCUT2D eigenvalue weighted by molar-refractivity contribution is 5.83. The number of carboxylic acid groups (broad SMARTS) is 1. The molecular formula is C11H22N2O4. The Labute approximate surface area is 101 Å². The topological polar surface area (TPSA) is 113 Å². The van der Waals surface area contributed by atoms with Crippen molar-refractivity contribution in [3.63, 3.8) is 0 Å². The smallest absolute Gasteiger partial charge is 0.326 e. The number of unbranched alkanes of at least 4 members (excludes halogenated alkanes) is 3. The third-order valence-corrected chi connectivity index (χ3v) is 2.41. The Morgan fingerprint density at radius 2 is 1.82 bits per heavy atom. The van der Waals surface area contributed by atoms with E-state index in [4.69, 9.17) is 15.9 Å². The van der Waals surface area contributed by atoms with Crippen LogP contribution in [0.25, 0.3) is 0 Å². The minimum absolute atomic E-state index is 0.0360. The molecule has 0 unspecified atom stereocenters. The quantitative estimate of drug-likeness (QED) is 0.400. The maximum atomic E-state index is 11.4. The highest BCUT2D eigenvalue weighted by Gasteiger charge is 2.18. The molecule has 1 atom stereocenters. The van der Waals surface area contributed by atoms with Gasteiger partial charge in [0.05, 0.1) is 0 Å². The van der Waals surface area contributed by atoms with Gasteiger partial charge in [-0.25, -0.2) is 4.79 Å². The van der Waals surface area contributed by atoms with Crippen LogP contribution in [-0.4, -0.2) is 41.3 Å². The Morgan fingerprint density at radius 1 is 1.18 bits per heavy atom. The minimum atomic E-state index is -1.12. The van der Waals surface area contributed by atoms with E-state index in [1.807, 2.05) is 0 Å². The lowest BCUT2D eigenvalue weighted by molar-refractivity contribution is -0.142. The molecule has 1 amide bonds. The zero-order chi connectivity index (χ0) is 13.1. The van der Waals surface area contributed by atoms with Gasteiger partial charge in [0.2, 0.25) is 5.91 Å². The lowest BCUT2D eigenvalue weighted by Gasteiger charge is -2.12. The van der Waals surface area contributed by atoms with Crippen LogP contribution in [0.5, 0.6) is 0 Å². The summed E-state index contributed by atoms with van der Waals surface area (Å²) in [6.07, 6.45) is 3.94. The van der Waals surface area contributed by atoms with E-state index in [1.54, 1.807) is 0 Å². The third kappa shape index (κ3) is 8.65. The van der Waals surface area contributed by atoms with Crippen LogP contribution in [0.2, 0.25) is 0 Å². The van der Waals surface area contributed by atoms with Gasteiger partial charge in [-0.05, 0) is 19.4 Å². The monoisotopic (exact) mass is 246 g/mol. The standard InChI is InChI=1S/C11H22N2O4/c12-7-4-2-1-3-5-10(15)13-9(6-8-14)11(16)17/h9,14H,1-8,12H2,(H,13,15)(H,16,17)/t9-/m0/s1. The molecule has 100 valence electrons. The van der Waals surface area contributed by atoms with Crippen LogP contribution in [0.1, 0.15) is 38.5 Å². The van der Waals surface area contributed by atoms with Crippen LogP contribution in [0.15, 0.2) is 0 Å². The van der Waals surface area contributed by atoms with Crippen LogP contribution in [0, 0.1) is 0 Å². The van der Waals surface area contributed by atoms with Gasteiger partial charge in [0.25, 0.3) is 0 Å². The molecule has 0 rings (SSSR count). The number of carboxylic acids is 1. The third-order valence-electron chi connectivity index (χ3n) is 2.41. The summed E-state index contributed by atoms with van der Waals surface area (Å²) in [6, 6.07) is -0.989. The van der Waals surface area contributed by atoms with Gasteiger partial charge in [-0.2, -0.15) is 0 Å². The van der Waals surface area contributed by atoms with Gasteiger partial charge in [0, 0.05) is 19.4 Å². The first-order valence-electron chi connectivity index (χ1n) is 5.95. The average molecular weight is 246 g/mol. The van der Waals surface area contributed by atoms with E-state index < -0.39 is 12.0 Å². The molecule has 17 heavy (non-hydrogen) atoms. The normalized spacial score (nSPS) is 12.1. The first kappa shape index (κ1) is 15.9. The number of carbonyl (C=O) groups excluding carboxylic acids is 1. The molecule has 0 aromatic rings. The van der Waals surface area contributed by atoms with Gasteiger partial charge in [0.15, 0.2) is 0 Å². The van der Waals surface area contributed by atoms with Gasteiger partial charge >= 0.3 is 5.97 Å². The summed E-state index contributed by atoms with van der Waals surface area (Å²) in [4.78, 5) is 22.1. The van der Waals surface area contributed by atoms with Crippen molar-refractivity contribution in [1.29, 1.82) is 0 Å². The Bertz CT molecular complexity index is 234. The fourth-order valence-electron chi connectivity index (χ4n) is 1.44. The SMILES string of the molecule is NCCCCCCC(=O)N[C@@H](CCO)C(=O)O. The first-order valence-corrected chi connectivity index (χ1v) is 5.95. The molecule has 0 heterocycles. The molecule has 6 nitrogen and oxygen atoms in total. The summed E-state index contributed by atoms with van der Waals surface area (Å²) in [5, 5.41) is 19.8. The molecule has 5 N–H and O–H groups in total. The van der Waals surface area contributed by atoms with Crippen molar-refractivity contribution in [3.8, 4) is 0 Å². The molecule has 0 aliphatic rings. The predicted molar refractivity (Wildman–Crippen MR) is 63.4 cm³/mol. The number of aliphatic carboxylic acids is 1. The Hall–Kier alpha value is -1.14. The van der Waals surface area contributed by atoms with E-state index in [2.05, 4.69) is 5.32 Å². The lowest BCUT2D eigenvalue weighted by atomic mass is 10.1. The van der Waals surface area contributed by atoms with Crippen molar-refractivity contribution in [2.75, 3.05) is 13.2 Å². The number of nitrogens with one attached hydrogen (secondary N) is 1. The molecule has 0 bridgehead atoms. The Balaban J connectivity index is 3.71. The fourth-order valence-corrected chi connectivity index (χ4v) is 1.44. The first-order chi connectivity index (χ1) is 8.11. The lowest BCUT2D eigenvalue weighted by Crippen LogP contribution is -2.41. The molecule has 6 heteroatoms. The molecule has 0 aromatic heterocycles. The number of aliphatic hydroxyl groups is 1. The van der Waals surface area contributed by atoms with Crippen LogP contribution in [0.4, 0.5) is 0 Å². The largest absolute Gasteiger partial charge is 0.480 e. The highest BCUT2D eigenvalue weighted by atomic mass is 16.4. The zero-order valence-corrected chi connectivity index (χ0v) is 10.0. The second kappa shape index (κ2) is 10.0.